The Morgan fingerprint density at radius 2 is 2.17 bits per heavy atom. The van der Waals surface area contributed by atoms with Crippen molar-refractivity contribution in [1.82, 2.24) is 0 Å². The first-order chi connectivity index (χ1) is 5.72. The van der Waals surface area contributed by atoms with E-state index >= 15 is 0 Å². The number of rotatable bonds is 5. The molecule has 1 unspecified atom stereocenters. The van der Waals surface area contributed by atoms with E-state index in [-0.39, 0.29) is 11.9 Å². The fourth-order valence-corrected chi connectivity index (χ4v) is 0.753. The molecule has 0 radical (unpaired) electrons. The second-order valence-electron chi connectivity index (χ2n) is 2.79. The summed E-state index contributed by atoms with van der Waals surface area (Å²) in [6.45, 7) is 6.41. The summed E-state index contributed by atoms with van der Waals surface area (Å²) in [4.78, 5) is 11.1. The van der Waals surface area contributed by atoms with E-state index < -0.39 is 0 Å². The highest BCUT2D eigenvalue weighted by atomic mass is 16.5. The van der Waals surface area contributed by atoms with Gasteiger partial charge in [0, 0.05) is 0 Å². The maximum atomic E-state index is 11.1. The molecule has 0 saturated carbocycles. The maximum absolute atomic E-state index is 11.1. The molecule has 0 aromatic heterocycles. The summed E-state index contributed by atoms with van der Waals surface area (Å²) in [6.07, 6.45) is 5.72. The van der Waals surface area contributed by atoms with Crippen LogP contribution in [-0.2, 0) is 9.53 Å². The van der Waals surface area contributed by atoms with Crippen LogP contribution in [0.3, 0.4) is 0 Å². The number of carbonyl (C=O) groups is 1. The van der Waals surface area contributed by atoms with Gasteiger partial charge in [-0.15, -0.1) is 0 Å². The lowest BCUT2D eigenvalue weighted by atomic mass is 10.1. The summed E-state index contributed by atoms with van der Waals surface area (Å²) >= 11 is 0. The third-order valence-electron chi connectivity index (χ3n) is 1.48. The van der Waals surface area contributed by atoms with E-state index in [0.717, 1.165) is 12.8 Å². The number of esters is 1. The second kappa shape index (κ2) is 6.89. The minimum absolute atomic E-state index is 0.100. The minimum Gasteiger partial charge on any atom is -0.465 e. The third kappa shape index (κ3) is 4.94. The summed E-state index contributed by atoms with van der Waals surface area (Å²) in [6, 6.07) is 0. The van der Waals surface area contributed by atoms with Gasteiger partial charge in [0.25, 0.3) is 0 Å². The Bertz CT molecular complexity index is 150. The van der Waals surface area contributed by atoms with Gasteiger partial charge in [0.2, 0.25) is 0 Å². The number of hydrogen-bond acceptors (Lipinski definition) is 2. The van der Waals surface area contributed by atoms with E-state index in [9.17, 15) is 4.79 Å². The van der Waals surface area contributed by atoms with Crippen LogP contribution in [0.4, 0.5) is 0 Å². The first-order valence-electron chi connectivity index (χ1n) is 4.55. The highest BCUT2D eigenvalue weighted by Gasteiger charge is 2.09. The number of ether oxygens (including phenoxy) is 1. The van der Waals surface area contributed by atoms with Gasteiger partial charge in [-0.05, 0) is 19.8 Å². The van der Waals surface area contributed by atoms with Crippen molar-refractivity contribution in [2.75, 3.05) is 6.61 Å². The summed E-state index contributed by atoms with van der Waals surface area (Å²) in [5.74, 6) is -0.224. The Hall–Kier alpha value is -0.790. The Labute approximate surface area is 74.6 Å². The zero-order chi connectivity index (χ0) is 9.40. The molecule has 0 N–H and O–H groups in total. The largest absolute Gasteiger partial charge is 0.465 e. The monoisotopic (exact) mass is 170 g/mol. The predicted octanol–water partition coefficient (Wildman–Crippen LogP) is 2.54. The zero-order valence-corrected chi connectivity index (χ0v) is 8.17. The van der Waals surface area contributed by atoms with Crippen LogP contribution < -0.4 is 0 Å². The van der Waals surface area contributed by atoms with Gasteiger partial charge in [-0.25, -0.2) is 0 Å². The average molecular weight is 170 g/mol. The van der Waals surface area contributed by atoms with Crippen LogP contribution in [0.2, 0.25) is 0 Å². The van der Waals surface area contributed by atoms with Gasteiger partial charge < -0.3 is 4.74 Å². The molecular formula is C10H18O2. The molecule has 0 heterocycles. The smallest absolute Gasteiger partial charge is 0.312 e. The van der Waals surface area contributed by atoms with E-state index in [1.54, 1.807) is 0 Å². The third-order valence-corrected chi connectivity index (χ3v) is 1.48. The fourth-order valence-electron chi connectivity index (χ4n) is 0.753. The van der Waals surface area contributed by atoms with Crippen molar-refractivity contribution in [2.45, 2.75) is 33.6 Å². The van der Waals surface area contributed by atoms with Gasteiger partial charge in [0.1, 0.15) is 0 Å². The van der Waals surface area contributed by atoms with Crippen molar-refractivity contribution >= 4 is 5.97 Å². The molecule has 1 atom stereocenters. The SMILES string of the molecule is CCC=CC(C)C(=O)OCCC. The quantitative estimate of drug-likeness (QED) is 0.468. The second-order valence-corrected chi connectivity index (χ2v) is 2.79. The molecule has 0 aromatic rings. The van der Waals surface area contributed by atoms with Crippen LogP contribution in [-0.4, -0.2) is 12.6 Å². The molecule has 0 aliphatic rings. The van der Waals surface area contributed by atoms with Crippen molar-refractivity contribution in [3.8, 4) is 0 Å². The first-order valence-corrected chi connectivity index (χ1v) is 4.55. The standard InChI is InChI=1S/C10H18O2/c1-4-6-7-9(3)10(11)12-8-5-2/h6-7,9H,4-5,8H2,1-3H3. The highest BCUT2D eigenvalue weighted by Crippen LogP contribution is 2.01. The predicted molar refractivity (Wildman–Crippen MR) is 49.8 cm³/mol. The van der Waals surface area contributed by atoms with Crippen molar-refractivity contribution < 1.29 is 9.53 Å². The van der Waals surface area contributed by atoms with Gasteiger partial charge in [-0.2, -0.15) is 0 Å². The number of hydrogen-bond donors (Lipinski definition) is 0. The molecule has 2 heteroatoms. The lowest BCUT2D eigenvalue weighted by Crippen LogP contribution is -2.13. The minimum atomic E-state index is -0.124. The molecule has 0 amide bonds. The topological polar surface area (TPSA) is 26.3 Å². The van der Waals surface area contributed by atoms with Gasteiger partial charge in [0.15, 0.2) is 0 Å². The summed E-state index contributed by atoms with van der Waals surface area (Å²) < 4.78 is 4.96. The van der Waals surface area contributed by atoms with E-state index in [1.165, 1.54) is 0 Å². The molecule has 0 spiro atoms. The van der Waals surface area contributed by atoms with E-state index in [1.807, 2.05) is 32.9 Å². The Kier molecular flexibility index (Phi) is 6.44. The number of carbonyl (C=O) groups excluding carboxylic acids is 1. The number of allylic oxidation sites excluding steroid dienone is 1. The molecule has 70 valence electrons. The summed E-state index contributed by atoms with van der Waals surface area (Å²) in [7, 11) is 0. The van der Waals surface area contributed by atoms with Crippen molar-refractivity contribution in [3.63, 3.8) is 0 Å². The molecular weight excluding hydrogens is 152 g/mol. The van der Waals surface area contributed by atoms with Gasteiger partial charge in [-0.1, -0.05) is 26.0 Å². The summed E-state index contributed by atoms with van der Waals surface area (Å²) in [5.41, 5.74) is 0. The Balaban J connectivity index is 3.68. The Morgan fingerprint density at radius 3 is 2.67 bits per heavy atom. The first kappa shape index (κ1) is 11.2. The highest BCUT2D eigenvalue weighted by molar-refractivity contribution is 5.73. The molecule has 12 heavy (non-hydrogen) atoms. The van der Waals surface area contributed by atoms with Crippen LogP contribution in [0.5, 0.6) is 0 Å². The summed E-state index contributed by atoms with van der Waals surface area (Å²) in [5, 5.41) is 0. The molecule has 2 nitrogen and oxygen atoms in total. The normalized spacial score (nSPS) is 13.2. The molecule has 0 aliphatic carbocycles. The van der Waals surface area contributed by atoms with E-state index in [2.05, 4.69) is 0 Å². The van der Waals surface area contributed by atoms with Crippen LogP contribution in [0, 0.1) is 5.92 Å². The molecule has 0 aromatic carbocycles. The van der Waals surface area contributed by atoms with Gasteiger partial charge in [-0.3, -0.25) is 4.79 Å². The van der Waals surface area contributed by atoms with Crippen molar-refractivity contribution in [3.05, 3.63) is 12.2 Å². The van der Waals surface area contributed by atoms with Gasteiger partial charge in [0.05, 0.1) is 12.5 Å². The van der Waals surface area contributed by atoms with Crippen LogP contribution in [0.25, 0.3) is 0 Å². The van der Waals surface area contributed by atoms with Crippen LogP contribution >= 0.6 is 0 Å². The fraction of sp³-hybridized carbons (Fsp3) is 0.700. The molecule has 0 fully saturated rings. The lowest BCUT2D eigenvalue weighted by Gasteiger charge is -2.05. The van der Waals surface area contributed by atoms with E-state index in [4.69, 9.17) is 4.74 Å². The van der Waals surface area contributed by atoms with E-state index in [0.29, 0.717) is 6.61 Å². The Morgan fingerprint density at radius 1 is 1.50 bits per heavy atom. The molecule has 0 bridgehead atoms. The van der Waals surface area contributed by atoms with Crippen LogP contribution in [0.15, 0.2) is 12.2 Å². The van der Waals surface area contributed by atoms with Crippen molar-refractivity contribution in [2.24, 2.45) is 5.92 Å². The zero-order valence-electron chi connectivity index (χ0n) is 8.17. The average Bonchev–Trinajstić information content (AvgIpc) is 2.10. The molecule has 0 rings (SSSR count). The maximum Gasteiger partial charge on any atom is 0.312 e. The van der Waals surface area contributed by atoms with Crippen LogP contribution in [0.1, 0.15) is 33.6 Å². The molecule has 0 aliphatic heterocycles. The lowest BCUT2D eigenvalue weighted by molar-refractivity contribution is -0.146. The molecule has 0 saturated heterocycles. The van der Waals surface area contributed by atoms with Crippen molar-refractivity contribution in [1.29, 1.82) is 0 Å². The van der Waals surface area contributed by atoms with Gasteiger partial charge >= 0.3 is 5.97 Å².